The first-order valence-corrected chi connectivity index (χ1v) is 7.60. The number of hydrogen-bond donors (Lipinski definition) is 1. The minimum Gasteiger partial charge on any atom is -0.436 e. The number of rotatable bonds is 8. The third kappa shape index (κ3) is 6.01. The molecule has 0 spiro atoms. The fourth-order valence-electron chi connectivity index (χ4n) is 0.964. The van der Waals surface area contributed by atoms with Crippen LogP contribution in [0.5, 0.6) is 0 Å². The van der Waals surface area contributed by atoms with E-state index in [4.69, 9.17) is 18.7 Å². The third-order valence-electron chi connectivity index (χ3n) is 2.12. The van der Waals surface area contributed by atoms with Gasteiger partial charge in [0.2, 0.25) is 0 Å². The molecule has 0 aromatic heterocycles. The van der Waals surface area contributed by atoms with Crippen LogP contribution < -0.4 is 0 Å². The summed E-state index contributed by atoms with van der Waals surface area (Å²) < 4.78 is 15.5. The lowest BCUT2D eigenvalue weighted by atomic mass is 10.4. The van der Waals surface area contributed by atoms with Gasteiger partial charge < -0.3 is 18.7 Å². The lowest BCUT2D eigenvalue weighted by Crippen LogP contribution is -2.38. The molecule has 0 aromatic rings. The summed E-state index contributed by atoms with van der Waals surface area (Å²) in [5.41, 5.74) is 0.333. The highest BCUT2D eigenvalue weighted by Crippen LogP contribution is 2.14. The van der Waals surface area contributed by atoms with Gasteiger partial charge in [0.1, 0.15) is 0 Å². The Bertz CT molecular complexity index is 243. The third-order valence-corrected chi connectivity index (χ3v) is 4.98. The van der Waals surface area contributed by atoms with Crippen LogP contribution in [0.3, 0.4) is 0 Å². The van der Waals surface area contributed by atoms with Gasteiger partial charge in [-0.25, -0.2) is 4.79 Å². The molecule has 0 rings (SSSR count). The van der Waals surface area contributed by atoms with Gasteiger partial charge in [-0.3, -0.25) is 0 Å². The molecule has 5 nitrogen and oxygen atoms in total. The monoisotopic (exact) mass is 248 g/mol. The first-order valence-electron chi connectivity index (χ1n) is 5.08. The van der Waals surface area contributed by atoms with E-state index in [0.717, 1.165) is 0 Å². The van der Waals surface area contributed by atoms with Crippen molar-refractivity contribution in [3.8, 4) is 0 Å². The Morgan fingerprint density at radius 2 is 2.12 bits per heavy atom. The highest BCUT2D eigenvalue weighted by atomic mass is 28.4. The van der Waals surface area contributed by atoms with E-state index >= 15 is 0 Å². The van der Waals surface area contributed by atoms with Gasteiger partial charge in [0.25, 0.3) is 0 Å². The van der Waals surface area contributed by atoms with Gasteiger partial charge in [0.05, 0.1) is 0 Å². The van der Waals surface area contributed by atoms with Crippen LogP contribution in [0.1, 0.15) is 13.3 Å². The number of carbonyl (C=O) groups excluding carboxylic acids is 1. The predicted molar refractivity (Wildman–Crippen MR) is 62.0 cm³/mol. The van der Waals surface area contributed by atoms with E-state index in [1.165, 1.54) is 0 Å². The van der Waals surface area contributed by atoms with Crippen molar-refractivity contribution in [3.63, 3.8) is 0 Å². The van der Waals surface area contributed by atoms with E-state index in [1.807, 2.05) is 6.55 Å². The van der Waals surface area contributed by atoms with Crippen molar-refractivity contribution in [2.75, 3.05) is 20.5 Å². The van der Waals surface area contributed by atoms with Crippen LogP contribution in [-0.2, 0) is 18.4 Å². The minimum absolute atomic E-state index is 0.0981. The quantitative estimate of drug-likeness (QED) is 0.302. The zero-order valence-corrected chi connectivity index (χ0v) is 11.1. The Kier molecular flexibility index (Phi) is 7.23. The molecule has 0 aliphatic heterocycles. The van der Waals surface area contributed by atoms with E-state index in [-0.39, 0.29) is 13.4 Å². The van der Waals surface area contributed by atoms with Crippen LogP contribution in [0, 0.1) is 0 Å². The number of esters is 1. The summed E-state index contributed by atoms with van der Waals surface area (Å²) in [7, 11) is -0.753. The number of aliphatic hydroxyl groups excluding tert-OH is 1. The second-order valence-corrected chi connectivity index (χ2v) is 7.10. The zero-order valence-electron chi connectivity index (χ0n) is 10.1. The summed E-state index contributed by atoms with van der Waals surface area (Å²) in [5, 5.41) is 8.73. The molecule has 16 heavy (non-hydrogen) atoms. The topological polar surface area (TPSA) is 65.0 Å². The Hall–Kier alpha value is -0.693. The summed E-state index contributed by atoms with van der Waals surface area (Å²) in [4.78, 5) is 11.1. The van der Waals surface area contributed by atoms with Crippen molar-refractivity contribution < 1.29 is 23.5 Å². The molecular weight excluding hydrogens is 228 g/mol. The number of hydrogen-bond acceptors (Lipinski definition) is 5. The maximum Gasteiger partial charge on any atom is 0.337 e. The van der Waals surface area contributed by atoms with Crippen molar-refractivity contribution >= 4 is 14.5 Å². The van der Waals surface area contributed by atoms with Gasteiger partial charge in [0, 0.05) is 19.3 Å². The van der Waals surface area contributed by atoms with Crippen LogP contribution >= 0.6 is 0 Å². The van der Waals surface area contributed by atoms with Gasteiger partial charge in [-0.15, -0.1) is 0 Å². The summed E-state index contributed by atoms with van der Waals surface area (Å²) >= 11 is 0. The fourth-order valence-corrected chi connectivity index (χ4v) is 2.54. The number of ether oxygens (including phenoxy) is 1. The maximum absolute atomic E-state index is 11.1. The van der Waals surface area contributed by atoms with Crippen LogP contribution in [0.15, 0.2) is 12.2 Å². The molecule has 0 amide bonds. The largest absolute Gasteiger partial charge is 0.436 e. The average Bonchev–Trinajstić information content (AvgIpc) is 2.26. The van der Waals surface area contributed by atoms with Crippen molar-refractivity contribution in [1.82, 2.24) is 0 Å². The molecule has 1 unspecified atom stereocenters. The number of aliphatic hydroxyl groups is 1. The van der Waals surface area contributed by atoms with E-state index in [0.29, 0.717) is 18.0 Å². The second-order valence-electron chi connectivity index (χ2n) is 3.64. The molecule has 0 radical (unpaired) electrons. The predicted octanol–water partition coefficient (Wildman–Crippen LogP) is 1.18. The Labute approximate surface area is 97.3 Å². The lowest BCUT2D eigenvalue weighted by molar-refractivity contribution is -0.146. The van der Waals surface area contributed by atoms with Crippen LogP contribution in [-0.4, -0.2) is 40.1 Å². The van der Waals surface area contributed by atoms with Gasteiger partial charge in [-0.2, -0.15) is 0 Å². The highest BCUT2D eigenvalue weighted by Gasteiger charge is 2.29. The molecule has 0 fully saturated rings. The molecule has 0 aliphatic carbocycles. The standard InChI is InChI=1S/C10H20O5Si/c1-9(2)10(12)14-8-15-16(4,13-3)7-5-6-11/h11H,1,5-8H2,2-4H3. The van der Waals surface area contributed by atoms with Gasteiger partial charge in [-0.1, -0.05) is 6.58 Å². The van der Waals surface area contributed by atoms with E-state index in [1.54, 1.807) is 14.0 Å². The molecule has 0 aliphatic rings. The summed E-state index contributed by atoms with van der Waals surface area (Å²) in [6.45, 7) is 6.85. The first-order chi connectivity index (χ1) is 7.45. The van der Waals surface area contributed by atoms with Crippen molar-refractivity contribution in [1.29, 1.82) is 0 Å². The summed E-state index contributed by atoms with van der Waals surface area (Å²) in [6, 6.07) is 0.657. The minimum atomic E-state index is -2.31. The summed E-state index contributed by atoms with van der Waals surface area (Å²) in [6.07, 6.45) is 0.616. The lowest BCUT2D eigenvalue weighted by Gasteiger charge is -2.24. The van der Waals surface area contributed by atoms with Crippen molar-refractivity contribution in [2.24, 2.45) is 0 Å². The molecule has 6 heteroatoms. The molecular formula is C10H20O5Si. The summed E-state index contributed by atoms with van der Waals surface area (Å²) in [5.74, 6) is -0.477. The van der Waals surface area contributed by atoms with Crippen LogP contribution in [0.4, 0.5) is 0 Å². The Morgan fingerprint density at radius 1 is 1.50 bits per heavy atom. The molecule has 1 atom stereocenters. The first kappa shape index (κ1) is 15.3. The number of carbonyl (C=O) groups is 1. The van der Waals surface area contributed by atoms with Crippen molar-refractivity contribution in [2.45, 2.75) is 25.9 Å². The normalized spacial score (nSPS) is 14.2. The Balaban J connectivity index is 3.94. The van der Waals surface area contributed by atoms with Crippen molar-refractivity contribution in [3.05, 3.63) is 12.2 Å². The van der Waals surface area contributed by atoms with Gasteiger partial charge in [0.15, 0.2) is 6.79 Å². The molecule has 1 N–H and O–H groups in total. The van der Waals surface area contributed by atoms with Gasteiger partial charge >= 0.3 is 14.5 Å². The molecule has 0 saturated carbocycles. The van der Waals surface area contributed by atoms with Gasteiger partial charge in [-0.05, 0) is 25.9 Å². The average molecular weight is 248 g/mol. The highest BCUT2D eigenvalue weighted by molar-refractivity contribution is 6.65. The molecule has 94 valence electrons. The molecule has 0 aromatic carbocycles. The fraction of sp³-hybridized carbons (Fsp3) is 0.700. The molecule has 0 bridgehead atoms. The Morgan fingerprint density at radius 3 is 2.56 bits per heavy atom. The maximum atomic E-state index is 11.1. The SMILES string of the molecule is C=C(C)C(=O)OCO[Si](C)(CCCO)OC. The molecule has 0 saturated heterocycles. The van der Waals surface area contributed by atoms with E-state index < -0.39 is 14.5 Å². The smallest absolute Gasteiger partial charge is 0.337 e. The van der Waals surface area contributed by atoms with E-state index in [2.05, 4.69) is 6.58 Å². The zero-order chi connectivity index (χ0) is 12.6. The second kappa shape index (κ2) is 7.56. The van der Waals surface area contributed by atoms with E-state index in [9.17, 15) is 4.79 Å². The van der Waals surface area contributed by atoms with Crippen LogP contribution in [0.25, 0.3) is 0 Å². The van der Waals surface area contributed by atoms with Crippen LogP contribution in [0.2, 0.25) is 12.6 Å². The molecule has 0 heterocycles.